The fraction of sp³-hybridized carbons (Fsp3) is 0.111. The van der Waals surface area contributed by atoms with E-state index >= 15 is 0 Å². The number of hydrogen-bond donors (Lipinski definition) is 1. The van der Waals surface area contributed by atoms with Crippen LogP contribution in [0.25, 0.3) is 5.69 Å². The van der Waals surface area contributed by atoms with Crippen LogP contribution < -0.4 is 0 Å². The van der Waals surface area contributed by atoms with E-state index in [1.54, 1.807) is 23.0 Å². The average Bonchev–Trinajstić information content (AvgIpc) is 2.57. The monoisotopic (exact) mass is 253 g/mol. The van der Waals surface area contributed by atoms with E-state index in [4.69, 9.17) is 0 Å². The molecule has 14 heavy (non-hydrogen) atoms. The molecular formula is C9H8BrN3O. The number of phenols is 1. The van der Waals surface area contributed by atoms with Crippen LogP contribution in [0.2, 0.25) is 0 Å². The van der Waals surface area contributed by atoms with Gasteiger partial charge in [0.25, 0.3) is 0 Å². The van der Waals surface area contributed by atoms with Crippen LogP contribution in [-0.4, -0.2) is 20.1 Å². The lowest BCUT2D eigenvalue weighted by Crippen LogP contribution is -1.98. The SMILES string of the molecule is Cc1cnnn1-c1ccc(Br)c(O)c1. The smallest absolute Gasteiger partial charge is 0.131 e. The molecule has 0 aliphatic heterocycles. The van der Waals surface area contributed by atoms with E-state index in [1.165, 1.54) is 0 Å². The minimum atomic E-state index is 0.192. The fourth-order valence-electron chi connectivity index (χ4n) is 1.17. The van der Waals surface area contributed by atoms with Crippen LogP contribution in [0, 0.1) is 6.92 Å². The zero-order valence-corrected chi connectivity index (χ0v) is 9.06. The molecule has 4 nitrogen and oxygen atoms in total. The van der Waals surface area contributed by atoms with Crippen molar-refractivity contribution in [2.24, 2.45) is 0 Å². The number of rotatable bonds is 1. The van der Waals surface area contributed by atoms with Crippen molar-refractivity contribution in [1.82, 2.24) is 15.0 Å². The number of aromatic hydroxyl groups is 1. The van der Waals surface area contributed by atoms with Gasteiger partial charge in [0.05, 0.1) is 22.1 Å². The Hall–Kier alpha value is -1.36. The predicted octanol–water partition coefficient (Wildman–Crippen LogP) is 2.04. The van der Waals surface area contributed by atoms with E-state index in [9.17, 15) is 5.11 Å². The molecule has 2 aromatic rings. The molecular weight excluding hydrogens is 246 g/mol. The molecule has 5 heteroatoms. The molecule has 1 aromatic heterocycles. The maximum atomic E-state index is 9.48. The van der Waals surface area contributed by atoms with E-state index in [0.717, 1.165) is 11.4 Å². The Balaban J connectivity index is 2.53. The topological polar surface area (TPSA) is 50.9 Å². The highest BCUT2D eigenvalue weighted by molar-refractivity contribution is 9.10. The van der Waals surface area contributed by atoms with Gasteiger partial charge in [-0.25, -0.2) is 4.68 Å². The predicted molar refractivity (Wildman–Crippen MR) is 55.5 cm³/mol. The molecule has 0 aliphatic carbocycles. The summed E-state index contributed by atoms with van der Waals surface area (Å²) in [7, 11) is 0. The summed E-state index contributed by atoms with van der Waals surface area (Å²) in [5.41, 5.74) is 1.72. The molecule has 0 saturated carbocycles. The summed E-state index contributed by atoms with van der Waals surface area (Å²) in [6.45, 7) is 1.90. The van der Waals surface area contributed by atoms with Gasteiger partial charge >= 0.3 is 0 Å². The van der Waals surface area contributed by atoms with E-state index in [2.05, 4.69) is 26.2 Å². The van der Waals surface area contributed by atoms with Gasteiger partial charge < -0.3 is 5.11 Å². The second kappa shape index (κ2) is 3.42. The van der Waals surface area contributed by atoms with Crippen molar-refractivity contribution in [3.8, 4) is 11.4 Å². The third kappa shape index (κ3) is 1.50. The van der Waals surface area contributed by atoms with Crippen molar-refractivity contribution in [1.29, 1.82) is 0 Å². The maximum Gasteiger partial charge on any atom is 0.131 e. The van der Waals surface area contributed by atoms with Crippen molar-refractivity contribution in [2.45, 2.75) is 6.92 Å². The molecule has 0 aliphatic rings. The first-order chi connectivity index (χ1) is 6.68. The Bertz CT molecular complexity index is 467. The molecule has 0 saturated heterocycles. The molecule has 2 rings (SSSR count). The van der Waals surface area contributed by atoms with Crippen LogP contribution in [0.3, 0.4) is 0 Å². The molecule has 0 bridgehead atoms. The van der Waals surface area contributed by atoms with Gasteiger partial charge in [0.15, 0.2) is 0 Å². The lowest BCUT2D eigenvalue weighted by molar-refractivity contribution is 0.471. The van der Waals surface area contributed by atoms with Crippen molar-refractivity contribution in [3.05, 3.63) is 34.6 Å². The molecule has 1 N–H and O–H groups in total. The van der Waals surface area contributed by atoms with Gasteiger partial charge in [0.2, 0.25) is 0 Å². The van der Waals surface area contributed by atoms with Crippen LogP contribution >= 0.6 is 15.9 Å². The molecule has 0 atom stereocenters. The van der Waals surface area contributed by atoms with Gasteiger partial charge in [0, 0.05) is 6.07 Å². The van der Waals surface area contributed by atoms with Crippen LogP contribution in [0.5, 0.6) is 5.75 Å². The first kappa shape index (κ1) is 9.21. The normalized spacial score (nSPS) is 10.4. The summed E-state index contributed by atoms with van der Waals surface area (Å²) in [6.07, 6.45) is 1.67. The standard InChI is InChI=1S/C9H8BrN3O/c1-6-5-11-12-13(6)7-2-3-8(10)9(14)4-7/h2-5,14H,1H3. The van der Waals surface area contributed by atoms with Crippen LogP contribution in [0.15, 0.2) is 28.9 Å². The Morgan fingerprint density at radius 2 is 2.21 bits per heavy atom. The van der Waals surface area contributed by atoms with Crippen LogP contribution in [-0.2, 0) is 0 Å². The number of nitrogens with zero attached hydrogens (tertiary/aromatic N) is 3. The summed E-state index contributed by atoms with van der Waals surface area (Å²) in [5.74, 6) is 0.192. The van der Waals surface area contributed by atoms with Gasteiger partial charge in [-0.2, -0.15) is 0 Å². The number of aryl methyl sites for hydroxylation is 1. The van der Waals surface area contributed by atoms with Gasteiger partial charge in [0.1, 0.15) is 5.75 Å². The molecule has 0 fully saturated rings. The zero-order valence-electron chi connectivity index (χ0n) is 7.48. The molecule has 72 valence electrons. The minimum absolute atomic E-state index is 0.192. The van der Waals surface area contributed by atoms with Crippen molar-refractivity contribution in [3.63, 3.8) is 0 Å². The lowest BCUT2D eigenvalue weighted by atomic mass is 10.3. The number of halogens is 1. The number of aromatic nitrogens is 3. The zero-order chi connectivity index (χ0) is 10.1. The van der Waals surface area contributed by atoms with Crippen LogP contribution in [0.4, 0.5) is 0 Å². The third-order valence-electron chi connectivity index (χ3n) is 1.89. The maximum absolute atomic E-state index is 9.48. The van der Waals surface area contributed by atoms with Crippen molar-refractivity contribution < 1.29 is 5.11 Å². The highest BCUT2D eigenvalue weighted by atomic mass is 79.9. The Morgan fingerprint density at radius 3 is 2.79 bits per heavy atom. The number of phenolic OH excluding ortho intramolecular Hbond substituents is 1. The molecule has 0 spiro atoms. The van der Waals surface area contributed by atoms with Crippen molar-refractivity contribution >= 4 is 15.9 Å². The highest BCUT2D eigenvalue weighted by Crippen LogP contribution is 2.25. The Kier molecular flexibility index (Phi) is 2.25. The highest BCUT2D eigenvalue weighted by Gasteiger charge is 2.04. The number of hydrogen-bond acceptors (Lipinski definition) is 3. The van der Waals surface area contributed by atoms with Crippen molar-refractivity contribution in [2.75, 3.05) is 0 Å². The summed E-state index contributed by atoms with van der Waals surface area (Å²) >= 11 is 3.22. The fourth-order valence-corrected chi connectivity index (χ4v) is 1.42. The Labute approximate surface area is 89.3 Å². The van der Waals surface area contributed by atoms with Gasteiger partial charge in [-0.1, -0.05) is 5.21 Å². The summed E-state index contributed by atoms with van der Waals surface area (Å²) in [4.78, 5) is 0. The summed E-state index contributed by atoms with van der Waals surface area (Å²) in [6, 6.07) is 5.25. The van der Waals surface area contributed by atoms with Gasteiger partial charge in [-0.3, -0.25) is 0 Å². The number of benzene rings is 1. The van der Waals surface area contributed by atoms with Gasteiger partial charge in [-0.05, 0) is 35.0 Å². The summed E-state index contributed by atoms with van der Waals surface area (Å²) in [5, 5.41) is 17.1. The second-order valence-corrected chi connectivity index (χ2v) is 3.78. The average molecular weight is 254 g/mol. The minimum Gasteiger partial charge on any atom is -0.507 e. The quantitative estimate of drug-likeness (QED) is 0.847. The summed E-state index contributed by atoms with van der Waals surface area (Å²) < 4.78 is 2.32. The molecule has 1 heterocycles. The third-order valence-corrected chi connectivity index (χ3v) is 2.56. The van der Waals surface area contributed by atoms with E-state index in [0.29, 0.717) is 4.47 Å². The lowest BCUT2D eigenvalue weighted by Gasteiger charge is -2.04. The molecule has 0 amide bonds. The first-order valence-electron chi connectivity index (χ1n) is 4.04. The van der Waals surface area contributed by atoms with Crippen LogP contribution in [0.1, 0.15) is 5.69 Å². The van der Waals surface area contributed by atoms with E-state index in [1.807, 2.05) is 13.0 Å². The van der Waals surface area contributed by atoms with Gasteiger partial charge in [-0.15, -0.1) is 5.10 Å². The largest absolute Gasteiger partial charge is 0.507 e. The first-order valence-corrected chi connectivity index (χ1v) is 4.84. The molecule has 1 aromatic carbocycles. The van der Waals surface area contributed by atoms with E-state index in [-0.39, 0.29) is 5.75 Å². The molecule has 0 radical (unpaired) electrons. The molecule has 0 unspecified atom stereocenters. The Morgan fingerprint density at radius 1 is 1.43 bits per heavy atom. The van der Waals surface area contributed by atoms with E-state index < -0.39 is 0 Å². The second-order valence-electron chi connectivity index (χ2n) is 2.92.